The van der Waals surface area contributed by atoms with Crippen LogP contribution in [0.25, 0.3) is 27.1 Å². The highest BCUT2D eigenvalue weighted by atomic mass is 32.1. The third-order valence-electron chi connectivity index (χ3n) is 4.30. The molecule has 2 aromatic carbocycles. The minimum Gasteiger partial charge on any atom is -0.191 e. The van der Waals surface area contributed by atoms with Gasteiger partial charge < -0.3 is 0 Å². The molecule has 5 heteroatoms. The molecule has 0 aliphatic rings. The average molecular weight is 342 g/mol. The Morgan fingerprint density at radius 2 is 1.60 bits per heavy atom. The van der Waals surface area contributed by atoms with E-state index in [1.54, 1.807) is 11.3 Å². The summed E-state index contributed by atoms with van der Waals surface area (Å²) in [6, 6.07) is 22.8. The van der Waals surface area contributed by atoms with E-state index in [9.17, 15) is 0 Å². The van der Waals surface area contributed by atoms with Crippen molar-refractivity contribution in [1.82, 2.24) is 19.8 Å². The van der Waals surface area contributed by atoms with Crippen LogP contribution in [-0.4, -0.2) is 19.8 Å². The number of thiophene rings is 1. The lowest BCUT2D eigenvalue weighted by Crippen LogP contribution is -2.02. The van der Waals surface area contributed by atoms with Gasteiger partial charge in [-0.1, -0.05) is 60.7 Å². The third-order valence-corrected chi connectivity index (χ3v) is 5.16. The van der Waals surface area contributed by atoms with Gasteiger partial charge in [-0.05, 0) is 17.0 Å². The van der Waals surface area contributed by atoms with Gasteiger partial charge >= 0.3 is 0 Å². The fraction of sp³-hybridized carbons (Fsp3) is 0.0500. The Morgan fingerprint density at radius 3 is 2.40 bits per heavy atom. The maximum Gasteiger partial charge on any atom is 0.195 e. The molecule has 0 radical (unpaired) electrons. The number of fused-ring (bicyclic) bond motifs is 3. The van der Waals surface area contributed by atoms with Gasteiger partial charge in [0.1, 0.15) is 0 Å². The van der Waals surface area contributed by atoms with E-state index < -0.39 is 0 Å². The molecule has 120 valence electrons. The predicted octanol–water partition coefficient (Wildman–Crippen LogP) is 4.60. The van der Waals surface area contributed by atoms with E-state index >= 15 is 0 Å². The normalized spacial score (nSPS) is 11.4. The minimum absolute atomic E-state index is 0.777. The molecule has 0 N–H and O–H groups in total. The van der Waals surface area contributed by atoms with Crippen molar-refractivity contribution in [1.29, 1.82) is 0 Å². The Balaban J connectivity index is 1.78. The molecule has 0 unspecified atom stereocenters. The molecule has 4 nitrogen and oxygen atoms in total. The number of aromatic nitrogens is 4. The summed E-state index contributed by atoms with van der Waals surface area (Å²) >= 11 is 1.65. The summed E-state index contributed by atoms with van der Waals surface area (Å²) in [5.41, 5.74) is 3.08. The molecule has 0 bridgehead atoms. The van der Waals surface area contributed by atoms with Crippen LogP contribution in [0.15, 0.2) is 72.1 Å². The van der Waals surface area contributed by atoms with E-state index in [4.69, 9.17) is 5.10 Å². The van der Waals surface area contributed by atoms with Crippen LogP contribution in [0.4, 0.5) is 0 Å². The Bertz CT molecular complexity index is 1160. The van der Waals surface area contributed by atoms with Crippen molar-refractivity contribution in [2.24, 2.45) is 0 Å². The monoisotopic (exact) mass is 342 g/mol. The highest BCUT2D eigenvalue weighted by molar-refractivity contribution is 7.13. The first-order valence-electron chi connectivity index (χ1n) is 8.11. The lowest BCUT2D eigenvalue weighted by Gasteiger charge is -2.08. The quantitative estimate of drug-likeness (QED) is 0.481. The first-order chi connectivity index (χ1) is 12.4. The lowest BCUT2D eigenvalue weighted by atomic mass is 10.0. The first kappa shape index (κ1) is 14.3. The van der Waals surface area contributed by atoms with Crippen LogP contribution < -0.4 is 0 Å². The first-order valence-corrected chi connectivity index (χ1v) is 8.99. The van der Waals surface area contributed by atoms with Crippen LogP contribution in [0.1, 0.15) is 11.3 Å². The second-order valence-electron chi connectivity index (χ2n) is 5.89. The van der Waals surface area contributed by atoms with Gasteiger partial charge in [-0.2, -0.15) is 9.61 Å². The zero-order valence-corrected chi connectivity index (χ0v) is 14.1. The number of rotatable bonds is 3. The predicted molar refractivity (Wildman–Crippen MR) is 101 cm³/mol. The van der Waals surface area contributed by atoms with Crippen molar-refractivity contribution < 1.29 is 0 Å². The molecule has 25 heavy (non-hydrogen) atoms. The maximum absolute atomic E-state index is 4.91. The van der Waals surface area contributed by atoms with Crippen LogP contribution in [0.2, 0.25) is 0 Å². The van der Waals surface area contributed by atoms with E-state index in [2.05, 4.69) is 52.7 Å². The van der Waals surface area contributed by atoms with Gasteiger partial charge in [-0.25, -0.2) is 0 Å². The van der Waals surface area contributed by atoms with Crippen LogP contribution in [0.5, 0.6) is 0 Å². The number of benzene rings is 2. The molecule has 0 spiro atoms. The van der Waals surface area contributed by atoms with Crippen molar-refractivity contribution in [3.8, 4) is 10.7 Å². The molecule has 5 aromatic rings. The summed E-state index contributed by atoms with van der Waals surface area (Å²) in [5, 5.41) is 18.0. The number of nitrogens with zero attached hydrogens (tertiary/aromatic N) is 4. The molecule has 0 aliphatic heterocycles. The molecule has 0 aliphatic carbocycles. The van der Waals surface area contributed by atoms with E-state index in [0.29, 0.717) is 0 Å². The topological polar surface area (TPSA) is 43.1 Å². The van der Waals surface area contributed by atoms with E-state index in [1.807, 2.05) is 34.2 Å². The second-order valence-corrected chi connectivity index (χ2v) is 6.84. The van der Waals surface area contributed by atoms with Gasteiger partial charge in [-0.15, -0.1) is 21.5 Å². The third kappa shape index (κ3) is 2.40. The Labute approximate surface area is 148 Å². The summed E-state index contributed by atoms with van der Waals surface area (Å²) in [5.74, 6) is 0.796. The summed E-state index contributed by atoms with van der Waals surface area (Å²) in [7, 11) is 0. The van der Waals surface area contributed by atoms with Gasteiger partial charge in [0.05, 0.1) is 10.6 Å². The van der Waals surface area contributed by atoms with E-state index in [1.165, 1.54) is 5.56 Å². The molecule has 0 saturated heterocycles. The molecule has 3 aromatic heterocycles. The minimum atomic E-state index is 0.777. The maximum atomic E-state index is 4.91. The zero-order chi connectivity index (χ0) is 16.6. The largest absolute Gasteiger partial charge is 0.195 e. The van der Waals surface area contributed by atoms with Crippen molar-refractivity contribution in [2.75, 3.05) is 0 Å². The zero-order valence-electron chi connectivity index (χ0n) is 13.3. The SMILES string of the molecule is c1ccc(Cc2nn3c(-c4cccs4)nnc3c3ccccc23)cc1. The molecule has 5 rings (SSSR count). The van der Waals surface area contributed by atoms with E-state index in [0.717, 1.165) is 39.2 Å². The summed E-state index contributed by atoms with van der Waals surface area (Å²) in [4.78, 5) is 1.07. The highest BCUT2D eigenvalue weighted by Crippen LogP contribution is 2.28. The number of hydrogen-bond acceptors (Lipinski definition) is 4. The summed E-state index contributed by atoms with van der Waals surface area (Å²) < 4.78 is 1.88. The molecular weight excluding hydrogens is 328 g/mol. The summed E-state index contributed by atoms with van der Waals surface area (Å²) in [6.45, 7) is 0. The smallest absolute Gasteiger partial charge is 0.191 e. The Morgan fingerprint density at radius 1 is 0.800 bits per heavy atom. The van der Waals surface area contributed by atoms with Gasteiger partial charge in [0.2, 0.25) is 0 Å². The molecular formula is C20H14N4S. The van der Waals surface area contributed by atoms with Gasteiger partial charge in [0, 0.05) is 17.2 Å². The van der Waals surface area contributed by atoms with Crippen molar-refractivity contribution in [3.05, 3.63) is 83.4 Å². The molecule has 0 amide bonds. The van der Waals surface area contributed by atoms with Crippen molar-refractivity contribution in [2.45, 2.75) is 6.42 Å². The van der Waals surface area contributed by atoms with Gasteiger partial charge in [-0.3, -0.25) is 0 Å². The van der Waals surface area contributed by atoms with Crippen molar-refractivity contribution >= 4 is 27.8 Å². The van der Waals surface area contributed by atoms with Crippen LogP contribution in [0.3, 0.4) is 0 Å². The number of hydrogen-bond donors (Lipinski definition) is 0. The molecule has 0 fully saturated rings. The van der Waals surface area contributed by atoms with Crippen LogP contribution >= 0.6 is 11.3 Å². The highest BCUT2D eigenvalue weighted by Gasteiger charge is 2.15. The van der Waals surface area contributed by atoms with Crippen LogP contribution in [-0.2, 0) is 6.42 Å². The fourth-order valence-electron chi connectivity index (χ4n) is 3.13. The second kappa shape index (κ2) is 5.79. The molecule has 0 saturated carbocycles. The molecule has 3 heterocycles. The van der Waals surface area contributed by atoms with Gasteiger partial charge in [0.25, 0.3) is 0 Å². The van der Waals surface area contributed by atoms with Crippen LogP contribution in [0, 0.1) is 0 Å². The standard InChI is InChI=1S/C20H14N4S/c1-2-7-14(8-3-1)13-17-15-9-4-5-10-16(15)19-21-22-20(24(19)23-17)18-11-6-12-25-18/h1-12H,13H2. The molecule has 0 atom stereocenters. The van der Waals surface area contributed by atoms with E-state index in [-0.39, 0.29) is 0 Å². The fourth-order valence-corrected chi connectivity index (χ4v) is 3.82. The Kier molecular flexibility index (Phi) is 3.31. The van der Waals surface area contributed by atoms with Crippen molar-refractivity contribution in [3.63, 3.8) is 0 Å². The Hall–Kier alpha value is -3.05. The van der Waals surface area contributed by atoms with Gasteiger partial charge in [0.15, 0.2) is 11.5 Å². The summed E-state index contributed by atoms with van der Waals surface area (Å²) in [6.07, 6.45) is 0.777. The lowest BCUT2D eigenvalue weighted by molar-refractivity contribution is 0.891. The average Bonchev–Trinajstić information content (AvgIpc) is 3.32.